The van der Waals surface area contributed by atoms with E-state index < -0.39 is 24.3 Å². The van der Waals surface area contributed by atoms with Gasteiger partial charge >= 0.3 is 12.1 Å². The summed E-state index contributed by atoms with van der Waals surface area (Å²) in [6, 6.07) is 5.59. The highest BCUT2D eigenvalue weighted by molar-refractivity contribution is 5.71. The second-order valence-corrected chi connectivity index (χ2v) is 13.9. The number of cyclic esters (lactones) is 1. The number of halogens is 1. The molecule has 0 aromatic heterocycles. The van der Waals surface area contributed by atoms with Gasteiger partial charge in [-0.1, -0.05) is 26.3 Å². The molecular weight excluding hydrogens is 601 g/mol. The average Bonchev–Trinajstić information content (AvgIpc) is 3.09. The highest BCUT2D eigenvalue weighted by atomic mass is 19.1. The van der Waals surface area contributed by atoms with Crippen molar-refractivity contribution < 1.29 is 33.3 Å². The van der Waals surface area contributed by atoms with Crippen molar-refractivity contribution >= 4 is 23.8 Å². The van der Waals surface area contributed by atoms with Crippen molar-refractivity contribution in [3.8, 4) is 0 Å². The van der Waals surface area contributed by atoms with Gasteiger partial charge in [-0.15, -0.1) is 0 Å². The van der Waals surface area contributed by atoms with Gasteiger partial charge in [-0.05, 0) is 100 Å². The van der Waals surface area contributed by atoms with Gasteiger partial charge in [-0.2, -0.15) is 0 Å². The Kier molecular flexibility index (Phi) is 12.7. The van der Waals surface area contributed by atoms with Gasteiger partial charge in [0.2, 0.25) is 0 Å². The van der Waals surface area contributed by atoms with Gasteiger partial charge in [0.15, 0.2) is 0 Å². The predicted octanol–water partition coefficient (Wildman–Crippen LogP) is 5.81. The van der Waals surface area contributed by atoms with E-state index in [4.69, 9.17) is 14.2 Å². The smallest absolute Gasteiger partial charge is 0.410 e. The molecule has 0 unspecified atom stereocenters. The van der Waals surface area contributed by atoms with Gasteiger partial charge in [-0.3, -0.25) is 4.79 Å². The fourth-order valence-electron chi connectivity index (χ4n) is 7.32. The van der Waals surface area contributed by atoms with Gasteiger partial charge in [0, 0.05) is 49.4 Å². The molecule has 10 heteroatoms. The minimum atomic E-state index is -0.874. The number of carbonyl (C=O) groups is 2. The zero-order valence-electron chi connectivity index (χ0n) is 28.4. The first-order valence-corrected chi connectivity index (χ1v) is 17.7. The van der Waals surface area contributed by atoms with Crippen LogP contribution >= 0.6 is 0 Å². The number of aliphatic hydroxyl groups excluding tert-OH is 1. The lowest BCUT2D eigenvalue weighted by Gasteiger charge is -2.40. The number of anilines is 1. The summed E-state index contributed by atoms with van der Waals surface area (Å²) >= 11 is 0. The van der Waals surface area contributed by atoms with Crippen LogP contribution in [0.3, 0.4) is 0 Å². The van der Waals surface area contributed by atoms with Crippen molar-refractivity contribution in [2.45, 2.75) is 96.5 Å². The third kappa shape index (κ3) is 9.80. The SMILES string of the molecule is C/C(=C\c1cc(N2CCOCC2)ccc1F)[C@H]1OC(=O)C[C@H](O)CC[C@H](C)[C@H](OC(=O)N2CCC(N3CCCCC3)CC2)/C=C/[C@@H]1C. The minimum Gasteiger partial charge on any atom is -0.457 e. The Hall–Kier alpha value is -2.95. The number of benzene rings is 1. The molecule has 47 heavy (non-hydrogen) atoms. The molecule has 0 aliphatic carbocycles. The molecule has 5 rings (SSSR count). The van der Waals surface area contributed by atoms with Crippen LogP contribution in [0.1, 0.15) is 77.7 Å². The number of carbonyl (C=O) groups excluding carboxylic acids is 2. The van der Waals surface area contributed by atoms with Gasteiger partial charge in [-0.25, -0.2) is 9.18 Å². The van der Waals surface area contributed by atoms with Gasteiger partial charge in [0.25, 0.3) is 0 Å². The lowest BCUT2D eigenvalue weighted by Crippen LogP contribution is -2.48. The van der Waals surface area contributed by atoms with E-state index in [1.165, 1.54) is 25.3 Å². The number of piperidine rings is 2. The normalized spacial score (nSPS) is 30.2. The van der Waals surface area contributed by atoms with Crippen LogP contribution < -0.4 is 4.90 Å². The highest BCUT2D eigenvalue weighted by Gasteiger charge is 2.31. The number of esters is 1. The molecule has 0 radical (unpaired) electrons. The Morgan fingerprint density at radius 3 is 2.43 bits per heavy atom. The van der Waals surface area contributed by atoms with E-state index in [0.29, 0.717) is 56.3 Å². The molecule has 4 aliphatic heterocycles. The van der Waals surface area contributed by atoms with Crippen LogP contribution in [-0.4, -0.2) is 104 Å². The molecular formula is C37H54FN3O6. The van der Waals surface area contributed by atoms with Crippen molar-refractivity contribution in [3.63, 3.8) is 0 Å². The molecule has 0 bridgehead atoms. The summed E-state index contributed by atoms with van der Waals surface area (Å²) < 4.78 is 32.6. The van der Waals surface area contributed by atoms with Crippen molar-refractivity contribution in [2.24, 2.45) is 11.8 Å². The number of nitrogens with zero attached hydrogens (tertiary/aromatic N) is 3. The number of likely N-dealkylation sites (tertiary alicyclic amines) is 2. The van der Waals surface area contributed by atoms with E-state index in [1.807, 2.05) is 43.9 Å². The molecule has 3 fully saturated rings. The number of rotatable bonds is 5. The molecule has 1 aromatic rings. The summed E-state index contributed by atoms with van der Waals surface area (Å²) in [7, 11) is 0. The van der Waals surface area contributed by atoms with Crippen molar-refractivity contribution in [2.75, 3.05) is 57.4 Å². The predicted molar refractivity (Wildman–Crippen MR) is 181 cm³/mol. The topological polar surface area (TPSA) is 91.8 Å². The van der Waals surface area contributed by atoms with Crippen molar-refractivity contribution in [1.29, 1.82) is 0 Å². The maximum absolute atomic E-state index is 15.0. The first kappa shape index (κ1) is 35.4. The maximum Gasteiger partial charge on any atom is 0.410 e. The van der Waals surface area contributed by atoms with Gasteiger partial charge in [0.1, 0.15) is 18.0 Å². The maximum atomic E-state index is 15.0. The largest absolute Gasteiger partial charge is 0.457 e. The zero-order valence-corrected chi connectivity index (χ0v) is 28.4. The lowest BCUT2D eigenvalue weighted by atomic mass is 9.91. The van der Waals surface area contributed by atoms with E-state index >= 15 is 4.39 Å². The second kappa shape index (κ2) is 16.9. The van der Waals surface area contributed by atoms with Crippen LogP contribution in [0, 0.1) is 17.7 Å². The van der Waals surface area contributed by atoms with E-state index in [1.54, 1.807) is 12.1 Å². The molecule has 1 aromatic carbocycles. The van der Waals surface area contributed by atoms with Crippen LogP contribution in [0.15, 0.2) is 35.9 Å². The molecule has 3 saturated heterocycles. The number of ether oxygens (including phenoxy) is 3. The number of hydrogen-bond acceptors (Lipinski definition) is 8. The van der Waals surface area contributed by atoms with Gasteiger partial charge in [0.05, 0.1) is 25.7 Å². The number of amides is 1. The number of hydrogen-bond donors (Lipinski definition) is 1. The van der Waals surface area contributed by atoms with Gasteiger partial charge < -0.3 is 34.0 Å². The third-order valence-corrected chi connectivity index (χ3v) is 10.3. The summed E-state index contributed by atoms with van der Waals surface area (Å²) in [6.07, 6.45) is 9.78. The summed E-state index contributed by atoms with van der Waals surface area (Å²) in [5.74, 6) is -1.22. The van der Waals surface area contributed by atoms with Crippen LogP contribution in [0.2, 0.25) is 0 Å². The van der Waals surface area contributed by atoms with Crippen molar-refractivity contribution in [3.05, 3.63) is 47.3 Å². The quantitative estimate of drug-likeness (QED) is 0.314. The van der Waals surface area contributed by atoms with E-state index in [-0.39, 0.29) is 30.2 Å². The molecule has 0 spiro atoms. The van der Waals surface area contributed by atoms with Crippen LogP contribution in [0.25, 0.3) is 6.08 Å². The molecule has 4 aliphatic rings. The zero-order chi connectivity index (χ0) is 33.3. The van der Waals surface area contributed by atoms with E-state index in [2.05, 4.69) is 9.80 Å². The third-order valence-electron chi connectivity index (χ3n) is 10.3. The monoisotopic (exact) mass is 655 g/mol. The van der Waals surface area contributed by atoms with Crippen LogP contribution in [0.4, 0.5) is 14.9 Å². The minimum absolute atomic E-state index is 0.0644. The van der Waals surface area contributed by atoms with Crippen LogP contribution in [-0.2, 0) is 19.0 Å². The standard InChI is InChI=1S/C37H54FN3O6/c1-26-7-10-32(42)25-35(43)47-36(28(3)23-29-24-31(9-11-33(29)38)40-19-21-45-22-20-40)27(2)8-12-34(26)46-37(44)41-17-13-30(14-18-41)39-15-5-4-6-16-39/h8-9,11-12,23-24,26-27,30,32,34,36,42H,4-7,10,13-22,25H2,1-3H3/b12-8+,28-23+/t26-,27-,32+,34+,36-/m0/s1. The second-order valence-electron chi connectivity index (χ2n) is 13.9. The molecule has 4 heterocycles. The fraction of sp³-hybridized carbons (Fsp3) is 0.676. The summed E-state index contributed by atoms with van der Waals surface area (Å²) in [6.45, 7) is 12.2. The van der Waals surface area contributed by atoms with E-state index in [9.17, 15) is 14.7 Å². The Morgan fingerprint density at radius 2 is 1.70 bits per heavy atom. The molecule has 5 atom stereocenters. The molecule has 0 saturated carbocycles. The first-order valence-electron chi connectivity index (χ1n) is 17.7. The summed E-state index contributed by atoms with van der Waals surface area (Å²) in [5, 5.41) is 10.7. The summed E-state index contributed by atoms with van der Waals surface area (Å²) in [5.41, 5.74) is 2.00. The number of morpholine rings is 1. The first-order chi connectivity index (χ1) is 22.7. The Labute approximate surface area is 279 Å². The average molecular weight is 656 g/mol. The van der Waals surface area contributed by atoms with Crippen LogP contribution in [0.5, 0.6) is 0 Å². The Balaban J connectivity index is 1.30. The van der Waals surface area contributed by atoms with Crippen molar-refractivity contribution in [1.82, 2.24) is 9.80 Å². The lowest BCUT2D eigenvalue weighted by molar-refractivity contribution is -0.151. The molecule has 9 nitrogen and oxygen atoms in total. The Morgan fingerprint density at radius 1 is 0.979 bits per heavy atom. The summed E-state index contributed by atoms with van der Waals surface area (Å²) in [4.78, 5) is 32.9. The Bertz CT molecular complexity index is 1250. The number of aliphatic hydroxyl groups is 1. The highest BCUT2D eigenvalue weighted by Crippen LogP contribution is 2.28. The molecule has 1 N–H and O–H groups in total. The fourth-order valence-corrected chi connectivity index (χ4v) is 7.32. The molecule has 260 valence electrons. The molecule has 1 amide bonds. The van der Waals surface area contributed by atoms with E-state index in [0.717, 1.165) is 44.7 Å².